The summed E-state index contributed by atoms with van der Waals surface area (Å²) >= 11 is 0. The Balaban J connectivity index is 2.25. The third-order valence-corrected chi connectivity index (χ3v) is 4.41. The molecule has 1 aromatic rings. The van der Waals surface area contributed by atoms with E-state index in [1.54, 1.807) is 24.5 Å². The van der Waals surface area contributed by atoms with E-state index in [1.807, 2.05) is 0 Å². The zero-order valence-corrected chi connectivity index (χ0v) is 18.2. The molecule has 0 saturated heterocycles. The summed E-state index contributed by atoms with van der Waals surface area (Å²) in [5.74, 6) is -3.67. The molecule has 33 heavy (non-hydrogen) atoms. The molecular weight excluding hydrogens is 434 g/mol. The Hall–Kier alpha value is -3.58. The van der Waals surface area contributed by atoms with Crippen LogP contribution in [-0.4, -0.2) is 78.0 Å². The van der Waals surface area contributed by atoms with Crippen LogP contribution in [0, 0.1) is 0 Å². The fourth-order valence-electron chi connectivity index (χ4n) is 2.64. The number of rotatable bonds is 15. The Bertz CT molecular complexity index is 805. The number of nitrogens with one attached hydrogen (secondary N) is 4. The van der Waals surface area contributed by atoms with Crippen LogP contribution in [0.2, 0.25) is 0 Å². The highest BCUT2D eigenvalue weighted by molar-refractivity contribution is 5.91. The van der Waals surface area contributed by atoms with Gasteiger partial charge in [0.05, 0.1) is 25.7 Å². The largest absolute Gasteiger partial charge is 0.480 e. The van der Waals surface area contributed by atoms with E-state index in [2.05, 4.69) is 26.3 Å². The maximum atomic E-state index is 12.0. The van der Waals surface area contributed by atoms with Gasteiger partial charge in [-0.2, -0.15) is 0 Å². The van der Waals surface area contributed by atoms with Crippen molar-refractivity contribution in [2.75, 3.05) is 26.2 Å². The van der Waals surface area contributed by atoms with Gasteiger partial charge in [0, 0.05) is 12.4 Å². The number of unbranched alkanes of at least 4 members (excludes halogenated alkanes) is 1. The summed E-state index contributed by atoms with van der Waals surface area (Å²) in [5, 5.41) is 18.4. The van der Waals surface area contributed by atoms with Crippen molar-refractivity contribution in [2.45, 2.75) is 37.8 Å². The first kappa shape index (κ1) is 27.5. The third-order valence-electron chi connectivity index (χ3n) is 4.41. The summed E-state index contributed by atoms with van der Waals surface area (Å²) in [7, 11) is 0. The SMILES string of the molecule is NCCCC[C@H](NC(=O)CNC(=O)CNC(=O)CNC(=O)[C@@H](N)Cc1cccnc1)C(=O)O. The van der Waals surface area contributed by atoms with E-state index in [0.717, 1.165) is 5.56 Å². The number of carbonyl (C=O) groups is 5. The molecule has 0 bridgehead atoms. The van der Waals surface area contributed by atoms with Crippen molar-refractivity contribution in [3.63, 3.8) is 0 Å². The number of amides is 4. The molecule has 13 heteroatoms. The van der Waals surface area contributed by atoms with Gasteiger partial charge in [-0.1, -0.05) is 6.07 Å². The van der Waals surface area contributed by atoms with Gasteiger partial charge in [0.25, 0.3) is 0 Å². The predicted octanol–water partition coefficient (Wildman–Crippen LogP) is -3.00. The topological polar surface area (TPSA) is 219 Å². The Labute approximate surface area is 191 Å². The molecule has 4 amide bonds. The molecule has 0 radical (unpaired) electrons. The molecule has 1 aromatic heterocycles. The van der Waals surface area contributed by atoms with Crippen molar-refractivity contribution >= 4 is 29.6 Å². The van der Waals surface area contributed by atoms with Gasteiger partial charge in [-0.25, -0.2) is 4.79 Å². The van der Waals surface area contributed by atoms with Crippen molar-refractivity contribution in [3.8, 4) is 0 Å². The highest BCUT2D eigenvalue weighted by Crippen LogP contribution is 2.01. The lowest BCUT2D eigenvalue weighted by atomic mass is 10.1. The number of aliphatic carboxylic acids is 1. The standard InChI is InChI=1S/C20H31N7O6/c21-6-2-1-5-15(20(32)33)27-18(30)12-25-16(28)10-24-17(29)11-26-19(31)14(22)8-13-4-3-7-23-9-13/h3-4,7,9,14-15H,1-2,5-6,8,10-12,21-22H2,(H,24,29)(H,25,28)(H,26,31)(H,27,30)(H,32,33)/t14-,15-/m0/s1. The number of pyridine rings is 1. The van der Waals surface area contributed by atoms with E-state index in [4.69, 9.17) is 16.6 Å². The van der Waals surface area contributed by atoms with E-state index >= 15 is 0 Å². The van der Waals surface area contributed by atoms with E-state index in [1.165, 1.54) is 0 Å². The van der Waals surface area contributed by atoms with Crippen LogP contribution in [0.4, 0.5) is 0 Å². The van der Waals surface area contributed by atoms with Gasteiger partial charge in [-0.15, -0.1) is 0 Å². The number of hydrogen-bond donors (Lipinski definition) is 7. The van der Waals surface area contributed by atoms with Crippen LogP contribution in [0.5, 0.6) is 0 Å². The average molecular weight is 466 g/mol. The molecular formula is C20H31N7O6. The third kappa shape index (κ3) is 12.1. The van der Waals surface area contributed by atoms with Gasteiger partial charge in [-0.3, -0.25) is 24.2 Å². The smallest absolute Gasteiger partial charge is 0.326 e. The van der Waals surface area contributed by atoms with Crippen LogP contribution in [0.15, 0.2) is 24.5 Å². The number of carboxylic acids is 1. The summed E-state index contributed by atoms with van der Waals surface area (Å²) in [5.41, 5.74) is 11.9. The molecule has 182 valence electrons. The summed E-state index contributed by atoms with van der Waals surface area (Å²) in [6, 6.07) is 1.55. The van der Waals surface area contributed by atoms with Crippen molar-refractivity contribution in [1.82, 2.24) is 26.3 Å². The fourth-order valence-corrected chi connectivity index (χ4v) is 2.64. The first-order valence-corrected chi connectivity index (χ1v) is 10.4. The number of carboxylic acid groups (broad SMARTS) is 1. The number of hydrogen-bond acceptors (Lipinski definition) is 8. The quantitative estimate of drug-likeness (QED) is 0.131. The molecule has 0 fully saturated rings. The minimum Gasteiger partial charge on any atom is -0.480 e. The molecule has 0 aliphatic rings. The maximum absolute atomic E-state index is 12.0. The van der Waals surface area contributed by atoms with Crippen LogP contribution in [0.25, 0.3) is 0 Å². The van der Waals surface area contributed by atoms with E-state index in [-0.39, 0.29) is 19.4 Å². The van der Waals surface area contributed by atoms with Gasteiger partial charge in [-0.05, 0) is 43.9 Å². The highest BCUT2D eigenvalue weighted by Gasteiger charge is 2.20. The summed E-state index contributed by atoms with van der Waals surface area (Å²) in [4.78, 5) is 62.5. The lowest BCUT2D eigenvalue weighted by Gasteiger charge is -2.15. The zero-order chi connectivity index (χ0) is 24.6. The lowest BCUT2D eigenvalue weighted by molar-refractivity contribution is -0.142. The molecule has 0 spiro atoms. The monoisotopic (exact) mass is 465 g/mol. The highest BCUT2D eigenvalue weighted by atomic mass is 16.4. The predicted molar refractivity (Wildman–Crippen MR) is 117 cm³/mol. The van der Waals surface area contributed by atoms with E-state index in [0.29, 0.717) is 19.4 Å². The zero-order valence-electron chi connectivity index (χ0n) is 18.2. The number of carbonyl (C=O) groups excluding carboxylic acids is 4. The Morgan fingerprint density at radius 3 is 2.18 bits per heavy atom. The summed E-state index contributed by atoms with van der Waals surface area (Å²) in [6.07, 6.45) is 4.83. The second-order valence-corrected chi connectivity index (χ2v) is 7.19. The van der Waals surface area contributed by atoms with Gasteiger partial charge in [0.2, 0.25) is 23.6 Å². The Kier molecular flexibility index (Phi) is 12.7. The second kappa shape index (κ2) is 15.3. The molecule has 0 unspecified atom stereocenters. The molecule has 0 aliphatic carbocycles. The number of nitrogens with two attached hydrogens (primary N) is 2. The first-order valence-electron chi connectivity index (χ1n) is 10.4. The molecule has 13 nitrogen and oxygen atoms in total. The van der Waals surface area contributed by atoms with Gasteiger partial charge in [0.1, 0.15) is 6.04 Å². The van der Waals surface area contributed by atoms with Gasteiger partial charge < -0.3 is 37.8 Å². The molecule has 0 aliphatic heterocycles. The summed E-state index contributed by atoms with van der Waals surface area (Å²) < 4.78 is 0. The first-order chi connectivity index (χ1) is 15.7. The van der Waals surface area contributed by atoms with E-state index < -0.39 is 54.8 Å². The summed E-state index contributed by atoms with van der Waals surface area (Å²) in [6.45, 7) is -0.835. The van der Waals surface area contributed by atoms with Crippen LogP contribution >= 0.6 is 0 Å². The Morgan fingerprint density at radius 1 is 0.970 bits per heavy atom. The number of nitrogens with zero attached hydrogens (tertiary/aromatic N) is 1. The van der Waals surface area contributed by atoms with Crippen molar-refractivity contribution in [1.29, 1.82) is 0 Å². The van der Waals surface area contributed by atoms with Crippen LogP contribution < -0.4 is 32.7 Å². The van der Waals surface area contributed by atoms with Crippen LogP contribution in [0.1, 0.15) is 24.8 Å². The lowest BCUT2D eigenvalue weighted by Crippen LogP contribution is -2.48. The average Bonchev–Trinajstić information content (AvgIpc) is 2.79. The van der Waals surface area contributed by atoms with Crippen molar-refractivity contribution < 1.29 is 29.1 Å². The van der Waals surface area contributed by atoms with Gasteiger partial charge in [0.15, 0.2) is 0 Å². The normalized spacial score (nSPS) is 12.2. The molecule has 2 atom stereocenters. The Morgan fingerprint density at radius 2 is 1.61 bits per heavy atom. The van der Waals surface area contributed by atoms with Gasteiger partial charge >= 0.3 is 5.97 Å². The van der Waals surface area contributed by atoms with Crippen molar-refractivity contribution in [2.24, 2.45) is 11.5 Å². The molecule has 9 N–H and O–H groups in total. The minimum atomic E-state index is -1.18. The maximum Gasteiger partial charge on any atom is 0.326 e. The molecule has 1 heterocycles. The van der Waals surface area contributed by atoms with E-state index in [9.17, 15) is 24.0 Å². The second-order valence-electron chi connectivity index (χ2n) is 7.19. The molecule has 0 saturated carbocycles. The fraction of sp³-hybridized carbons (Fsp3) is 0.500. The number of aromatic nitrogens is 1. The van der Waals surface area contributed by atoms with Crippen LogP contribution in [-0.2, 0) is 30.4 Å². The molecule has 1 rings (SSSR count). The minimum absolute atomic E-state index is 0.222. The molecule has 0 aromatic carbocycles. The van der Waals surface area contributed by atoms with Crippen LogP contribution in [0.3, 0.4) is 0 Å². The van der Waals surface area contributed by atoms with Crippen molar-refractivity contribution in [3.05, 3.63) is 30.1 Å².